The smallest absolute Gasteiger partial charge is 0.245 e. The van der Waals surface area contributed by atoms with Crippen molar-refractivity contribution in [2.45, 2.75) is 39.5 Å². The van der Waals surface area contributed by atoms with Gasteiger partial charge in [-0.25, -0.2) is 9.97 Å². The molecule has 1 atom stereocenters. The molecule has 0 radical (unpaired) electrons. The molecule has 1 N–H and O–H groups in total. The van der Waals surface area contributed by atoms with E-state index in [1.54, 1.807) is 12.3 Å². The average Bonchev–Trinajstić information content (AvgIpc) is 2.69. The molecule has 2 aromatic heterocycles. The molecule has 1 amide bonds. The third-order valence-electron chi connectivity index (χ3n) is 4.55. The Hall–Kier alpha value is -2.09. The first-order valence-corrected chi connectivity index (χ1v) is 9.79. The summed E-state index contributed by atoms with van der Waals surface area (Å²) in [6.07, 6.45) is 5.10. The first kappa shape index (κ1) is 18.7. The topological polar surface area (TPSA) is 83.9 Å². The molecule has 3 rings (SSSR count). The number of halogens is 1. The normalized spacial score (nSPS) is 17.2. The minimum atomic E-state index is -0.117. The van der Waals surface area contributed by atoms with Crippen molar-refractivity contribution in [2.24, 2.45) is 5.92 Å². The van der Waals surface area contributed by atoms with Gasteiger partial charge in [-0.05, 0) is 53.7 Å². The summed E-state index contributed by atoms with van der Waals surface area (Å²) in [4.78, 5) is 23.6. The van der Waals surface area contributed by atoms with E-state index in [0.29, 0.717) is 18.3 Å². The Bertz CT molecular complexity index is 767. The number of nitrogens with zero attached hydrogens (tertiary/aromatic N) is 5. The third-order valence-corrected chi connectivity index (χ3v) is 5.02. The maximum atomic E-state index is 12.6. The molecule has 3 heterocycles. The summed E-state index contributed by atoms with van der Waals surface area (Å²) in [5, 5.41) is 11.5. The number of amides is 1. The Kier molecular flexibility index (Phi) is 6.13. The maximum absolute atomic E-state index is 12.6. The lowest BCUT2D eigenvalue weighted by atomic mass is 9.97. The van der Waals surface area contributed by atoms with E-state index in [2.05, 4.69) is 60.2 Å². The number of aromatic nitrogens is 4. The minimum Gasteiger partial charge on any atom is -0.339 e. The molecule has 0 spiro atoms. The van der Waals surface area contributed by atoms with Crippen molar-refractivity contribution >= 4 is 33.6 Å². The Labute approximate surface area is 161 Å². The number of carbonyl (C=O) groups is 1. The second-order valence-corrected chi connectivity index (χ2v) is 7.26. The fourth-order valence-corrected chi connectivity index (χ4v) is 3.35. The van der Waals surface area contributed by atoms with Crippen LogP contribution in [0.2, 0.25) is 0 Å². The third kappa shape index (κ3) is 4.35. The largest absolute Gasteiger partial charge is 0.339 e. The molecule has 1 saturated heterocycles. The van der Waals surface area contributed by atoms with Crippen LogP contribution in [0.5, 0.6) is 0 Å². The van der Waals surface area contributed by atoms with Crippen molar-refractivity contribution in [1.82, 2.24) is 20.2 Å². The summed E-state index contributed by atoms with van der Waals surface area (Å²) >= 11 is 3.34. The SMILES string of the molecule is CCc1nnc(N2CCCC(C(=O)Nc3ccc(Br)cn3)C2)nc1CC. The lowest BCUT2D eigenvalue weighted by molar-refractivity contribution is -0.120. The number of piperidine rings is 1. The zero-order valence-electron chi connectivity index (χ0n) is 15.1. The van der Waals surface area contributed by atoms with Gasteiger partial charge in [-0.3, -0.25) is 4.79 Å². The second-order valence-electron chi connectivity index (χ2n) is 6.35. The molecule has 138 valence electrons. The highest BCUT2D eigenvalue weighted by molar-refractivity contribution is 9.10. The molecule has 7 nitrogen and oxygen atoms in total. The van der Waals surface area contributed by atoms with Crippen LogP contribution in [0.3, 0.4) is 0 Å². The predicted molar refractivity (Wildman–Crippen MR) is 104 cm³/mol. The van der Waals surface area contributed by atoms with Crippen molar-refractivity contribution in [2.75, 3.05) is 23.3 Å². The molecule has 0 saturated carbocycles. The highest BCUT2D eigenvalue weighted by Crippen LogP contribution is 2.22. The quantitative estimate of drug-likeness (QED) is 0.802. The van der Waals surface area contributed by atoms with E-state index in [0.717, 1.165) is 48.1 Å². The zero-order valence-corrected chi connectivity index (χ0v) is 16.7. The van der Waals surface area contributed by atoms with E-state index in [1.807, 2.05) is 6.07 Å². The number of rotatable bonds is 5. The molecule has 2 aromatic rings. The Morgan fingerprint density at radius 1 is 1.27 bits per heavy atom. The number of carbonyl (C=O) groups excluding carboxylic acids is 1. The van der Waals surface area contributed by atoms with Gasteiger partial charge in [-0.2, -0.15) is 5.10 Å². The standard InChI is InChI=1S/C18H23BrN6O/c1-3-14-15(4-2)23-24-18(21-14)25-9-5-6-12(11-25)17(26)22-16-8-7-13(19)10-20-16/h7-8,10,12H,3-6,9,11H2,1-2H3,(H,20,22,26). The van der Waals surface area contributed by atoms with Crippen molar-refractivity contribution in [1.29, 1.82) is 0 Å². The molecule has 8 heteroatoms. The fraction of sp³-hybridized carbons (Fsp3) is 0.500. The first-order valence-electron chi connectivity index (χ1n) is 9.00. The van der Waals surface area contributed by atoms with Gasteiger partial charge in [-0.15, -0.1) is 5.10 Å². The lowest BCUT2D eigenvalue weighted by Gasteiger charge is -2.31. The van der Waals surface area contributed by atoms with Gasteiger partial charge in [0.15, 0.2) is 0 Å². The summed E-state index contributed by atoms with van der Waals surface area (Å²) in [6, 6.07) is 3.64. The van der Waals surface area contributed by atoms with Crippen LogP contribution < -0.4 is 10.2 Å². The summed E-state index contributed by atoms with van der Waals surface area (Å²) in [5.74, 6) is 1.05. The van der Waals surface area contributed by atoms with Crippen LogP contribution in [0, 0.1) is 5.92 Å². The predicted octanol–water partition coefficient (Wildman–Crippen LogP) is 3.01. The van der Waals surface area contributed by atoms with Gasteiger partial charge in [-0.1, -0.05) is 13.8 Å². The van der Waals surface area contributed by atoms with Gasteiger partial charge in [0.25, 0.3) is 0 Å². The summed E-state index contributed by atoms with van der Waals surface area (Å²) in [6.45, 7) is 5.57. The van der Waals surface area contributed by atoms with Gasteiger partial charge in [0.05, 0.1) is 17.3 Å². The molecular formula is C18H23BrN6O. The van der Waals surface area contributed by atoms with Crippen LogP contribution in [0.1, 0.15) is 38.1 Å². The fourth-order valence-electron chi connectivity index (χ4n) is 3.11. The van der Waals surface area contributed by atoms with E-state index in [-0.39, 0.29) is 11.8 Å². The number of hydrogen-bond donors (Lipinski definition) is 1. The van der Waals surface area contributed by atoms with Crippen molar-refractivity contribution in [3.63, 3.8) is 0 Å². The van der Waals surface area contributed by atoms with Gasteiger partial charge in [0.1, 0.15) is 5.82 Å². The zero-order chi connectivity index (χ0) is 18.5. The summed E-state index contributed by atoms with van der Waals surface area (Å²) < 4.78 is 0.881. The van der Waals surface area contributed by atoms with Crippen molar-refractivity contribution in [3.8, 4) is 0 Å². The van der Waals surface area contributed by atoms with E-state index < -0.39 is 0 Å². The van der Waals surface area contributed by atoms with Gasteiger partial charge in [0.2, 0.25) is 11.9 Å². The van der Waals surface area contributed by atoms with Crippen molar-refractivity contribution in [3.05, 3.63) is 34.2 Å². The molecule has 1 fully saturated rings. The summed E-state index contributed by atoms with van der Waals surface area (Å²) in [5.41, 5.74) is 1.94. The highest BCUT2D eigenvalue weighted by Gasteiger charge is 2.28. The van der Waals surface area contributed by atoms with E-state index >= 15 is 0 Å². The Morgan fingerprint density at radius 2 is 2.08 bits per heavy atom. The number of nitrogens with one attached hydrogen (secondary N) is 1. The van der Waals surface area contributed by atoms with Crippen molar-refractivity contribution < 1.29 is 4.79 Å². The molecule has 0 bridgehead atoms. The van der Waals surface area contributed by atoms with Gasteiger partial charge >= 0.3 is 0 Å². The molecule has 26 heavy (non-hydrogen) atoms. The van der Waals surface area contributed by atoms with Crippen LogP contribution in [0.4, 0.5) is 11.8 Å². The average molecular weight is 419 g/mol. The van der Waals surface area contributed by atoms with E-state index in [4.69, 9.17) is 0 Å². The van der Waals surface area contributed by atoms with E-state index in [9.17, 15) is 4.79 Å². The Morgan fingerprint density at radius 3 is 2.77 bits per heavy atom. The number of hydrogen-bond acceptors (Lipinski definition) is 6. The maximum Gasteiger partial charge on any atom is 0.245 e. The molecule has 0 aliphatic carbocycles. The van der Waals surface area contributed by atoms with Gasteiger partial charge < -0.3 is 10.2 Å². The molecule has 1 aliphatic heterocycles. The van der Waals surface area contributed by atoms with Gasteiger partial charge in [0, 0.05) is 23.8 Å². The molecule has 1 aliphatic rings. The van der Waals surface area contributed by atoms with Crippen LogP contribution in [0.25, 0.3) is 0 Å². The van der Waals surface area contributed by atoms with Crippen LogP contribution in [0.15, 0.2) is 22.8 Å². The molecule has 0 aromatic carbocycles. The summed E-state index contributed by atoms with van der Waals surface area (Å²) in [7, 11) is 0. The second kappa shape index (κ2) is 8.53. The number of aryl methyl sites for hydroxylation is 2. The number of anilines is 2. The Balaban J connectivity index is 1.68. The molecular weight excluding hydrogens is 396 g/mol. The van der Waals surface area contributed by atoms with E-state index in [1.165, 1.54) is 0 Å². The first-order chi connectivity index (χ1) is 12.6. The monoisotopic (exact) mass is 418 g/mol. The number of pyridine rings is 1. The highest BCUT2D eigenvalue weighted by atomic mass is 79.9. The van der Waals surface area contributed by atoms with Crippen LogP contribution >= 0.6 is 15.9 Å². The van der Waals surface area contributed by atoms with Crippen LogP contribution in [-0.2, 0) is 17.6 Å². The lowest BCUT2D eigenvalue weighted by Crippen LogP contribution is -2.41. The minimum absolute atomic E-state index is 0.0154. The van der Waals surface area contributed by atoms with Crippen LogP contribution in [-0.4, -0.2) is 39.2 Å². The molecule has 1 unspecified atom stereocenters.